The van der Waals surface area contributed by atoms with Crippen molar-refractivity contribution in [3.63, 3.8) is 0 Å². The van der Waals surface area contributed by atoms with Gasteiger partial charge in [0.2, 0.25) is 5.91 Å². The van der Waals surface area contributed by atoms with Crippen LogP contribution in [0.2, 0.25) is 0 Å². The summed E-state index contributed by atoms with van der Waals surface area (Å²) < 4.78 is 5.16. The van der Waals surface area contributed by atoms with Gasteiger partial charge in [0.25, 0.3) is 0 Å². The lowest BCUT2D eigenvalue weighted by molar-refractivity contribution is -0.126. The Bertz CT molecular complexity index is 697. The number of aliphatic imine (C=N–C) groups is 1. The number of benzene rings is 1. The summed E-state index contributed by atoms with van der Waals surface area (Å²) in [7, 11) is 1.54. The number of rotatable bonds is 8. The van der Waals surface area contributed by atoms with Gasteiger partial charge in [-0.2, -0.15) is 0 Å². The number of hydrogen-bond acceptors (Lipinski definition) is 4. The standard InChI is InChI=1S/C22H36N4O3.HI/c1-5-23-22(24-12-11-16-9-10-19(27)20(13-16)29-4)26-18-8-6-7-17(14-18)21(28)25-15(2)3;/h9-10,13,15,17-18,27H,5-8,11-12,14H2,1-4H3,(H,25,28)(H2,23,24,26);1H. The lowest BCUT2D eigenvalue weighted by Gasteiger charge is -2.30. The molecule has 1 amide bonds. The number of carbonyl (C=O) groups is 1. The highest BCUT2D eigenvalue weighted by Crippen LogP contribution is 2.26. The molecule has 0 aliphatic heterocycles. The van der Waals surface area contributed by atoms with Crippen LogP contribution in [0.3, 0.4) is 0 Å². The van der Waals surface area contributed by atoms with Gasteiger partial charge in [0.1, 0.15) is 0 Å². The minimum Gasteiger partial charge on any atom is -0.504 e. The Kier molecular flexibility index (Phi) is 11.9. The normalized spacial score (nSPS) is 19.0. The van der Waals surface area contributed by atoms with Crippen molar-refractivity contribution in [2.45, 2.75) is 65.0 Å². The summed E-state index contributed by atoms with van der Waals surface area (Å²) in [6, 6.07) is 5.79. The van der Waals surface area contributed by atoms with Crippen LogP contribution in [0.25, 0.3) is 0 Å². The molecule has 0 aromatic heterocycles. The van der Waals surface area contributed by atoms with E-state index in [9.17, 15) is 9.90 Å². The molecule has 7 nitrogen and oxygen atoms in total. The molecule has 1 aromatic rings. The van der Waals surface area contributed by atoms with Crippen molar-refractivity contribution in [3.8, 4) is 11.5 Å². The number of nitrogens with zero attached hydrogens (tertiary/aromatic N) is 1. The van der Waals surface area contributed by atoms with Gasteiger partial charge in [-0.3, -0.25) is 9.79 Å². The molecule has 4 N–H and O–H groups in total. The number of carbonyl (C=O) groups excluding carboxylic acids is 1. The lowest BCUT2D eigenvalue weighted by atomic mass is 9.85. The van der Waals surface area contributed by atoms with E-state index in [1.807, 2.05) is 32.9 Å². The first-order valence-electron chi connectivity index (χ1n) is 10.6. The summed E-state index contributed by atoms with van der Waals surface area (Å²) >= 11 is 0. The van der Waals surface area contributed by atoms with E-state index in [1.54, 1.807) is 13.2 Å². The molecule has 30 heavy (non-hydrogen) atoms. The van der Waals surface area contributed by atoms with Gasteiger partial charge in [0.15, 0.2) is 17.5 Å². The number of phenolic OH excluding ortho intramolecular Hbond substituents is 1. The van der Waals surface area contributed by atoms with Gasteiger partial charge in [-0.15, -0.1) is 24.0 Å². The highest BCUT2D eigenvalue weighted by molar-refractivity contribution is 14.0. The summed E-state index contributed by atoms with van der Waals surface area (Å²) in [5.41, 5.74) is 1.06. The zero-order chi connectivity index (χ0) is 21.2. The number of aromatic hydroxyl groups is 1. The zero-order valence-electron chi connectivity index (χ0n) is 18.5. The topological polar surface area (TPSA) is 95.0 Å². The molecular formula is C22H37IN4O3. The van der Waals surface area contributed by atoms with Crippen LogP contribution in [0.15, 0.2) is 23.2 Å². The second kappa shape index (κ2) is 13.6. The maximum absolute atomic E-state index is 12.4. The van der Waals surface area contributed by atoms with Gasteiger partial charge in [-0.05, 0) is 64.2 Å². The number of phenols is 1. The second-order valence-electron chi connectivity index (χ2n) is 7.88. The molecule has 1 aliphatic carbocycles. The number of ether oxygens (including phenoxy) is 1. The molecule has 1 aliphatic rings. The number of hydrogen-bond donors (Lipinski definition) is 4. The van der Waals surface area contributed by atoms with Gasteiger partial charge in [0, 0.05) is 31.1 Å². The highest BCUT2D eigenvalue weighted by atomic mass is 127. The van der Waals surface area contributed by atoms with Crippen LogP contribution in [0.1, 0.15) is 52.0 Å². The fraction of sp³-hybridized carbons (Fsp3) is 0.636. The third-order valence-corrected chi connectivity index (χ3v) is 5.08. The fourth-order valence-corrected chi connectivity index (χ4v) is 3.65. The summed E-state index contributed by atoms with van der Waals surface area (Å²) in [6.07, 6.45) is 4.62. The van der Waals surface area contributed by atoms with E-state index >= 15 is 0 Å². The first-order chi connectivity index (χ1) is 13.9. The summed E-state index contributed by atoms with van der Waals surface area (Å²) in [5, 5.41) is 19.5. The second-order valence-corrected chi connectivity index (χ2v) is 7.88. The van der Waals surface area contributed by atoms with E-state index in [-0.39, 0.29) is 53.6 Å². The van der Waals surface area contributed by atoms with Crippen molar-refractivity contribution in [1.29, 1.82) is 0 Å². The van der Waals surface area contributed by atoms with Crippen molar-refractivity contribution in [2.75, 3.05) is 20.2 Å². The molecule has 170 valence electrons. The van der Waals surface area contributed by atoms with E-state index in [4.69, 9.17) is 4.74 Å². The van der Waals surface area contributed by atoms with E-state index in [1.165, 1.54) is 0 Å². The van der Waals surface area contributed by atoms with E-state index in [0.717, 1.165) is 50.2 Å². The lowest BCUT2D eigenvalue weighted by Crippen LogP contribution is -2.47. The molecule has 0 radical (unpaired) electrons. The monoisotopic (exact) mass is 532 g/mol. The van der Waals surface area contributed by atoms with Crippen LogP contribution < -0.4 is 20.7 Å². The predicted molar refractivity (Wildman–Crippen MR) is 132 cm³/mol. The van der Waals surface area contributed by atoms with Crippen LogP contribution in [-0.4, -0.2) is 49.3 Å². The highest BCUT2D eigenvalue weighted by Gasteiger charge is 2.27. The van der Waals surface area contributed by atoms with Crippen LogP contribution in [0.5, 0.6) is 11.5 Å². The quantitative estimate of drug-likeness (QED) is 0.235. The Morgan fingerprint density at radius 3 is 2.77 bits per heavy atom. The first-order valence-corrected chi connectivity index (χ1v) is 10.6. The SMILES string of the molecule is CCNC(=NCCc1ccc(O)c(OC)c1)NC1CCCC(C(=O)NC(C)C)C1.I. The number of halogens is 1. The molecular weight excluding hydrogens is 495 g/mol. The molecule has 0 bridgehead atoms. The van der Waals surface area contributed by atoms with Gasteiger partial charge < -0.3 is 25.8 Å². The molecule has 1 saturated carbocycles. The smallest absolute Gasteiger partial charge is 0.223 e. The fourth-order valence-electron chi connectivity index (χ4n) is 3.65. The molecule has 2 unspecified atom stereocenters. The van der Waals surface area contributed by atoms with Gasteiger partial charge in [-0.25, -0.2) is 0 Å². The van der Waals surface area contributed by atoms with Gasteiger partial charge in [0.05, 0.1) is 7.11 Å². The molecule has 0 heterocycles. The van der Waals surface area contributed by atoms with Crippen LogP contribution in [-0.2, 0) is 11.2 Å². The minimum absolute atomic E-state index is 0. The van der Waals surface area contributed by atoms with Crippen molar-refractivity contribution in [1.82, 2.24) is 16.0 Å². The number of methoxy groups -OCH3 is 1. The predicted octanol–water partition coefficient (Wildman–Crippen LogP) is 3.20. The van der Waals surface area contributed by atoms with Crippen molar-refractivity contribution >= 4 is 35.8 Å². The third-order valence-electron chi connectivity index (χ3n) is 5.08. The molecule has 8 heteroatoms. The molecule has 0 saturated heterocycles. The average Bonchev–Trinajstić information content (AvgIpc) is 2.69. The molecule has 2 rings (SSSR count). The van der Waals surface area contributed by atoms with Crippen LogP contribution in [0, 0.1) is 5.92 Å². The maximum atomic E-state index is 12.4. The summed E-state index contributed by atoms with van der Waals surface area (Å²) in [6.45, 7) is 7.43. The third kappa shape index (κ3) is 8.57. The number of nitrogens with one attached hydrogen (secondary N) is 3. The number of guanidine groups is 1. The summed E-state index contributed by atoms with van der Waals surface area (Å²) in [4.78, 5) is 17.0. The average molecular weight is 532 g/mol. The maximum Gasteiger partial charge on any atom is 0.223 e. The van der Waals surface area contributed by atoms with Crippen molar-refractivity contribution in [3.05, 3.63) is 23.8 Å². The van der Waals surface area contributed by atoms with Crippen LogP contribution >= 0.6 is 24.0 Å². The Balaban J connectivity index is 0.00000450. The Hall–Kier alpha value is -1.71. The van der Waals surface area contributed by atoms with E-state index in [0.29, 0.717) is 12.3 Å². The van der Waals surface area contributed by atoms with E-state index in [2.05, 4.69) is 20.9 Å². The molecule has 1 fully saturated rings. The van der Waals surface area contributed by atoms with Crippen molar-refractivity contribution in [2.24, 2.45) is 10.9 Å². The van der Waals surface area contributed by atoms with Crippen LogP contribution in [0.4, 0.5) is 0 Å². The molecule has 1 aromatic carbocycles. The Morgan fingerprint density at radius 1 is 1.33 bits per heavy atom. The van der Waals surface area contributed by atoms with Crippen molar-refractivity contribution < 1.29 is 14.6 Å². The van der Waals surface area contributed by atoms with Gasteiger partial charge >= 0.3 is 0 Å². The molecule has 2 atom stereocenters. The largest absolute Gasteiger partial charge is 0.504 e. The zero-order valence-corrected chi connectivity index (χ0v) is 20.9. The Morgan fingerprint density at radius 2 is 2.10 bits per heavy atom. The Labute approximate surface area is 197 Å². The minimum atomic E-state index is 0. The van der Waals surface area contributed by atoms with E-state index < -0.39 is 0 Å². The first kappa shape index (κ1) is 26.3. The number of amides is 1. The summed E-state index contributed by atoms with van der Waals surface area (Å²) in [5.74, 6) is 1.63. The van der Waals surface area contributed by atoms with Gasteiger partial charge in [-0.1, -0.05) is 12.5 Å². The molecule has 0 spiro atoms.